The minimum Gasteiger partial charge on any atom is -0.328 e. The number of rotatable bonds is 2. The smallest absolute Gasteiger partial charge is 0.181 e. The van der Waals surface area contributed by atoms with Crippen molar-refractivity contribution in [2.75, 3.05) is 0 Å². The summed E-state index contributed by atoms with van der Waals surface area (Å²) in [5.74, 6) is -2.19. The van der Waals surface area contributed by atoms with Crippen molar-refractivity contribution in [3.63, 3.8) is 0 Å². The maximum atomic E-state index is 13.1. The zero-order valence-electron chi connectivity index (χ0n) is 9.77. The molecule has 1 saturated carbocycles. The number of benzene rings is 1. The molecular formula is C12H15F2NO2S. The predicted molar refractivity (Wildman–Crippen MR) is 63.8 cm³/mol. The zero-order chi connectivity index (χ0) is 13.3. The van der Waals surface area contributed by atoms with E-state index in [9.17, 15) is 17.2 Å². The molecule has 1 aliphatic carbocycles. The van der Waals surface area contributed by atoms with Gasteiger partial charge in [0, 0.05) is 6.04 Å². The molecular weight excluding hydrogens is 260 g/mol. The molecule has 2 atom stereocenters. The van der Waals surface area contributed by atoms with Crippen LogP contribution < -0.4 is 5.73 Å². The van der Waals surface area contributed by atoms with Gasteiger partial charge in [0.2, 0.25) is 0 Å². The van der Waals surface area contributed by atoms with Crippen LogP contribution in [0.3, 0.4) is 0 Å². The fraction of sp³-hybridized carbons (Fsp3) is 0.500. The van der Waals surface area contributed by atoms with Gasteiger partial charge in [0.1, 0.15) is 0 Å². The van der Waals surface area contributed by atoms with Gasteiger partial charge in [-0.3, -0.25) is 0 Å². The van der Waals surface area contributed by atoms with Crippen LogP contribution in [0.5, 0.6) is 0 Å². The number of halogens is 2. The van der Waals surface area contributed by atoms with E-state index in [0.717, 1.165) is 31.0 Å². The minimum atomic E-state index is -3.62. The van der Waals surface area contributed by atoms with E-state index >= 15 is 0 Å². The Kier molecular flexibility index (Phi) is 3.68. The van der Waals surface area contributed by atoms with Gasteiger partial charge < -0.3 is 5.73 Å². The van der Waals surface area contributed by atoms with Crippen molar-refractivity contribution in [3.8, 4) is 0 Å². The molecule has 2 rings (SSSR count). The topological polar surface area (TPSA) is 60.2 Å². The van der Waals surface area contributed by atoms with Crippen LogP contribution in [-0.4, -0.2) is 19.7 Å². The fourth-order valence-corrected chi connectivity index (χ4v) is 4.20. The quantitative estimate of drug-likeness (QED) is 0.840. The Balaban J connectivity index is 2.32. The third-order valence-electron chi connectivity index (χ3n) is 3.33. The first-order valence-corrected chi connectivity index (χ1v) is 7.40. The average molecular weight is 275 g/mol. The summed E-state index contributed by atoms with van der Waals surface area (Å²) < 4.78 is 50.4. The van der Waals surface area contributed by atoms with Gasteiger partial charge in [0.25, 0.3) is 0 Å². The summed E-state index contributed by atoms with van der Waals surface area (Å²) in [5, 5.41) is -0.592. The van der Waals surface area contributed by atoms with Crippen LogP contribution in [0.15, 0.2) is 23.1 Å². The Morgan fingerprint density at radius 1 is 1.17 bits per heavy atom. The molecule has 2 N–H and O–H groups in total. The molecule has 18 heavy (non-hydrogen) atoms. The summed E-state index contributed by atoms with van der Waals surface area (Å²) >= 11 is 0. The molecule has 0 aromatic heterocycles. The van der Waals surface area contributed by atoms with Gasteiger partial charge in [0.15, 0.2) is 21.5 Å². The summed E-state index contributed by atoms with van der Waals surface area (Å²) in [6.45, 7) is 0. The fourth-order valence-electron chi connectivity index (χ4n) is 2.31. The SMILES string of the molecule is NC1CCCC(S(=O)(=O)c2ccc(F)c(F)c2)C1. The van der Waals surface area contributed by atoms with Gasteiger partial charge in [-0.1, -0.05) is 6.42 Å². The van der Waals surface area contributed by atoms with Gasteiger partial charge >= 0.3 is 0 Å². The van der Waals surface area contributed by atoms with Crippen molar-refractivity contribution in [3.05, 3.63) is 29.8 Å². The third-order valence-corrected chi connectivity index (χ3v) is 5.54. The van der Waals surface area contributed by atoms with E-state index in [1.54, 1.807) is 0 Å². The lowest BCUT2D eigenvalue weighted by Gasteiger charge is -2.26. The van der Waals surface area contributed by atoms with Crippen molar-refractivity contribution in [2.24, 2.45) is 5.73 Å². The summed E-state index contributed by atoms with van der Waals surface area (Å²) in [6, 6.07) is 2.55. The van der Waals surface area contributed by atoms with E-state index in [-0.39, 0.29) is 10.9 Å². The van der Waals surface area contributed by atoms with E-state index in [1.165, 1.54) is 0 Å². The Labute approximate surface area is 105 Å². The Bertz CT molecular complexity index is 545. The number of hydrogen-bond acceptors (Lipinski definition) is 3. The van der Waals surface area contributed by atoms with E-state index in [2.05, 4.69) is 0 Å². The number of sulfone groups is 1. The lowest BCUT2D eigenvalue weighted by atomic mass is 9.96. The molecule has 2 unspecified atom stereocenters. The lowest BCUT2D eigenvalue weighted by molar-refractivity contribution is 0.432. The lowest BCUT2D eigenvalue weighted by Crippen LogP contribution is -2.35. The molecule has 0 heterocycles. The molecule has 0 saturated heterocycles. The van der Waals surface area contributed by atoms with Crippen LogP contribution in [0.4, 0.5) is 8.78 Å². The first-order valence-electron chi connectivity index (χ1n) is 5.86. The van der Waals surface area contributed by atoms with Crippen LogP contribution in [-0.2, 0) is 9.84 Å². The second kappa shape index (κ2) is 4.93. The van der Waals surface area contributed by atoms with Gasteiger partial charge in [-0.15, -0.1) is 0 Å². The van der Waals surface area contributed by atoms with E-state index in [1.807, 2.05) is 0 Å². The molecule has 0 aliphatic heterocycles. The average Bonchev–Trinajstić information content (AvgIpc) is 2.32. The summed E-state index contributed by atoms with van der Waals surface area (Å²) in [4.78, 5) is -0.166. The highest BCUT2D eigenvalue weighted by molar-refractivity contribution is 7.92. The normalized spacial score (nSPS) is 25.1. The van der Waals surface area contributed by atoms with E-state index < -0.39 is 26.7 Å². The standard InChI is InChI=1S/C12H15F2NO2S/c13-11-5-4-10(7-12(11)14)18(16,17)9-3-1-2-8(15)6-9/h4-5,7-9H,1-3,6,15H2. The molecule has 0 amide bonds. The van der Waals surface area contributed by atoms with E-state index in [4.69, 9.17) is 5.73 Å². The maximum absolute atomic E-state index is 13.1. The maximum Gasteiger partial charge on any atom is 0.181 e. The van der Waals surface area contributed by atoms with Crippen LogP contribution >= 0.6 is 0 Å². The van der Waals surface area contributed by atoms with Gasteiger partial charge in [-0.05, 0) is 37.5 Å². The highest BCUT2D eigenvalue weighted by atomic mass is 32.2. The molecule has 3 nitrogen and oxygen atoms in total. The molecule has 0 bridgehead atoms. The van der Waals surface area contributed by atoms with Crippen molar-refractivity contribution >= 4 is 9.84 Å². The zero-order valence-corrected chi connectivity index (χ0v) is 10.6. The monoisotopic (exact) mass is 275 g/mol. The third kappa shape index (κ3) is 2.54. The largest absolute Gasteiger partial charge is 0.328 e. The van der Waals surface area contributed by atoms with Crippen LogP contribution in [0, 0.1) is 11.6 Å². The second-order valence-electron chi connectivity index (χ2n) is 4.67. The summed E-state index contributed by atoms with van der Waals surface area (Å²) in [6.07, 6.45) is 2.45. The number of hydrogen-bond donors (Lipinski definition) is 1. The van der Waals surface area contributed by atoms with Crippen molar-refractivity contribution < 1.29 is 17.2 Å². The van der Waals surface area contributed by atoms with E-state index in [0.29, 0.717) is 12.8 Å². The molecule has 100 valence electrons. The van der Waals surface area contributed by atoms with Crippen LogP contribution in [0.25, 0.3) is 0 Å². The van der Waals surface area contributed by atoms with Gasteiger partial charge in [-0.25, -0.2) is 17.2 Å². The van der Waals surface area contributed by atoms with Crippen LogP contribution in [0.1, 0.15) is 25.7 Å². The highest BCUT2D eigenvalue weighted by Gasteiger charge is 2.32. The molecule has 1 aliphatic rings. The van der Waals surface area contributed by atoms with Gasteiger partial charge in [0.05, 0.1) is 10.1 Å². The Morgan fingerprint density at radius 2 is 1.89 bits per heavy atom. The van der Waals surface area contributed by atoms with Crippen LogP contribution in [0.2, 0.25) is 0 Å². The highest BCUT2D eigenvalue weighted by Crippen LogP contribution is 2.28. The minimum absolute atomic E-state index is 0.135. The van der Waals surface area contributed by atoms with Crippen molar-refractivity contribution in [1.29, 1.82) is 0 Å². The molecule has 1 fully saturated rings. The second-order valence-corrected chi connectivity index (χ2v) is 6.90. The predicted octanol–water partition coefficient (Wildman–Crippen LogP) is 2.01. The number of nitrogens with two attached hydrogens (primary N) is 1. The van der Waals surface area contributed by atoms with Crippen molar-refractivity contribution in [1.82, 2.24) is 0 Å². The molecule has 0 radical (unpaired) electrons. The van der Waals surface area contributed by atoms with Crippen molar-refractivity contribution in [2.45, 2.75) is 41.9 Å². The Morgan fingerprint density at radius 3 is 2.50 bits per heavy atom. The molecule has 6 heteroatoms. The first kappa shape index (κ1) is 13.4. The van der Waals surface area contributed by atoms with Gasteiger partial charge in [-0.2, -0.15) is 0 Å². The Hall–Kier alpha value is -1.01. The first-order chi connectivity index (χ1) is 8.41. The molecule has 0 spiro atoms. The molecule has 1 aromatic rings. The summed E-state index contributed by atoms with van der Waals surface area (Å²) in [7, 11) is -3.62. The molecule has 1 aromatic carbocycles. The summed E-state index contributed by atoms with van der Waals surface area (Å²) in [5.41, 5.74) is 5.76.